The lowest BCUT2D eigenvalue weighted by Gasteiger charge is -2.39. The zero-order valence-corrected chi connectivity index (χ0v) is 32.7. The summed E-state index contributed by atoms with van der Waals surface area (Å²) in [5, 5.41) is 15.8. The molecule has 0 aromatic heterocycles. The molecular formula is C39H47Cl2N5O6S. The molecule has 0 atom stereocenters. The Morgan fingerprint density at radius 2 is 1.68 bits per heavy atom. The van der Waals surface area contributed by atoms with Gasteiger partial charge in [-0.15, -0.1) is 0 Å². The number of nitrogens with zero attached hydrogens (tertiary/aromatic N) is 3. The van der Waals surface area contributed by atoms with Crippen LogP contribution in [-0.4, -0.2) is 76.6 Å². The number of amides is 1. The fourth-order valence-corrected chi connectivity index (χ4v) is 8.80. The van der Waals surface area contributed by atoms with E-state index in [0.717, 1.165) is 81.6 Å². The van der Waals surface area contributed by atoms with Crippen molar-refractivity contribution < 1.29 is 22.9 Å². The van der Waals surface area contributed by atoms with Crippen LogP contribution < -0.4 is 14.9 Å². The van der Waals surface area contributed by atoms with Gasteiger partial charge >= 0.3 is 0 Å². The average Bonchev–Trinajstić information content (AvgIpc) is 3.13. The fourth-order valence-electron chi connectivity index (χ4n) is 7.48. The van der Waals surface area contributed by atoms with Gasteiger partial charge in [0.2, 0.25) is 0 Å². The lowest BCUT2D eigenvalue weighted by molar-refractivity contribution is -0.384. The van der Waals surface area contributed by atoms with Crippen molar-refractivity contribution in [1.82, 2.24) is 9.62 Å². The Morgan fingerprint density at radius 3 is 2.32 bits per heavy atom. The Balaban J connectivity index is 1.09. The molecule has 3 aromatic carbocycles. The number of hydrogen-bond acceptors (Lipinski definition) is 9. The van der Waals surface area contributed by atoms with Gasteiger partial charge in [-0.3, -0.25) is 19.8 Å². The van der Waals surface area contributed by atoms with Gasteiger partial charge in [-0.25, -0.2) is 13.1 Å². The summed E-state index contributed by atoms with van der Waals surface area (Å²) in [7, 11) is -4.31. The summed E-state index contributed by atoms with van der Waals surface area (Å²) >= 11 is 12.7. The molecule has 2 fully saturated rings. The topological polar surface area (TPSA) is 134 Å². The molecule has 6 rings (SSSR count). The van der Waals surface area contributed by atoms with Crippen LogP contribution in [0.15, 0.2) is 65.1 Å². The minimum absolute atomic E-state index is 0.0583. The quantitative estimate of drug-likeness (QED) is 0.147. The predicted molar refractivity (Wildman–Crippen MR) is 211 cm³/mol. The number of nitro groups is 1. The van der Waals surface area contributed by atoms with E-state index in [1.54, 1.807) is 19.1 Å². The first-order valence-corrected chi connectivity index (χ1v) is 20.3. The zero-order valence-electron chi connectivity index (χ0n) is 30.4. The number of carbonyl (C=O) groups is 1. The molecule has 14 heteroatoms. The van der Waals surface area contributed by atoms with Crippen LogP contribution in [0.5, 0.6) is 0 Å². The summed E-state index contributed by atoms with van der Waals surface area (Å²) in [6.07, 6.45) is 4.91. The molecule has 2 heterocycles. The highest BCUT2D eigenvalue weighted by atomic mass is 35.5. The van der Waals surface area contributed by atoms with E-state index in [4.69, 9.17) is 27.9 Å². The summed E-state index contributed by atoms with van der Waals surface area (Å²) in [4.78, 5) is 29.3. The fraction of sp³-hybridized carbons (Fsp3) is 0.462. The molecule has 0 saturated carbocycles. The van der Waals surface area contributed by atoms with Gasteiger partial charge in [0, 0.05) is 69.3 Å². The first-order valence-electron chi connectivity index (χ1n) is 18.1. The molecular weight excluding hydrogens is 737 g/mol. The molecule has 1 aliphatic carbocycles. The van der Waals surface area contributed by atoms with Crippen LogP contribution in [-0.2, 0) is 14.8 Å². The van der Waals surface area contributed by atoms with Gasteiger partial charge in [-0.2, -0.15) is 0 Å². The van der Waals surface area contributed by atoms with E-state index in [9.17, 15) is 23.3 Å². The molecule has 2 N–H and O–H groups in total. The lowest BCUT2D eigenvalue weighted by atomic mass is 9.72. The normalized spacial score (nSPS) is 18.5. The molecule has 0 spiro atoms. The van der Waals surface area contributed by atoms with Crippen molar-refractivity contribution in [3.63, 3.8) is 0 Å². The van der Waals surface area contributed by atoms with Crippen molar-refractivity contribution in [1.29, 1.82) is 0 Å². The SMILES string of the molecule is Cc1c(Cl)c(C(=O)NS(=O)(=O)c2ccc(N3CCN(CC4=C(c5ccc(Cl)cc5)CC(C)(C)CC4)CC3)cc2)cc([N+](=O)[O-])c1NCC1CCOCC1. The largest absolute Gasteiger partial charge is 0.381 e. The van der Waals surface area contributed by atoms with E-state index in [1.165, 1.54) is 28.8 Å². The maximum Gasteiger partial charge on any atom is 0.293 e. The summed E-state index contributed by atoms with van der Waals surface area (Å²) in [5.41, 5.74) is 5.14. The number of nitro benzene ring substituents is 1. The monoisotopic (exact) mass is 783 g/mol. The number of anilines is 2. The van der Waals surface area contributed by atoms with Gasteiger partial charge in [-0.05, 0) is 103 Å². The van der Waals surface area contributed by atoms with E-state index in [1.807, 2.05) is 12.1 Å². The first-order chi connectivity index (χ1) is 25.2. The number of halogens is 2. The van der Waals surface area contributed by atoms with Crippen molar-refractivity contribution in [2.24, 2.45) is 11.3 Å². The molecule has 284 valence electrons. The molecule has 0 unspecified atom stereocenters. The molecule has 2 aliphatic heterocycles. The molecule has 53 heavy (non-hydrogen) atoms. The molecule has 3 aliphatic rings. The first kappa shape index (κ1) is 39.0. The number of ether oxygens (including phenoxy) is 1. The van der Waals surface area contributed by atoms with Gasteiger partial charge in [-0.1, -0.05) is 54.8 Å². The highest BCUT2D eigenvalue weighted by Crippen LogP contribution is 2.43. The Bertz CT molecular complexity index is 1970. The predicted octanol–water partition coefficient (Wildman–Crippen LogP) is 7.95. The number of carbonyl (C=O) groups excluding carboxylic acids is 1. The van der Waals surface area contributed by atoms with E-state index in [2.05, 4.69) is 45.8 Å². The van der Waals surface area contributed by atoms with Crippen molar-refractivity contribution in [2.45, 2.75) is 57.8 Å². The number of sulfonamides is 1. The van der Waals surface area contributed by atoms with Gasteiger partial charge in [0.15, 0.2) is 0 Å². The molecule has 0 radical (unpaired) electrons. The van der Waals surface area contributed by atoms with Crippen LogP contribution in [0.1, 0.15) is 67.4 Å². The van der Waals surface area contributed by atoms with Crippen molar-refractivity contribution in [3.8, 4) is 0 Å². The molecule has 11 nitrogen and oxygen atoms in total. The second kappa shape index (κ2) is 16.4. The minimum Gasteiger partial charge on any atom is -0.381 e. The molecule has 1 amide bonds. The number of allylic oxidation sites excluding steroid dienone is 1. The smallest absolute Gasteiger partial charge is 0.293 e. The Labute approximate surface area is 321 Å². The second-order valence-electron chi connectivity index (χ2n) is 15.1. The highest BCUT2D eigenvalue weighted by Gasteiger charge is 2.31. The number of rotatable bonds is 11. The number of piperazine rings is 1. The number of benzene rings is 3. The van der Waals surface area contributed by atoms with Crippen molar-refractivity contribution in [3.05, 3.63) is 97.0 Å². The maximum absolute atomic E-state index is 13.3. The Morgan fingerprint density at radius 1 is 1.02 bits per heavy atom. The van der Waals surface area contributed by atoms with Crippen molar-refractivity contribution >= 4 is 61.8 Å². The van der Waals surface area contributed by atoms with Crippen LogP contribution >= 0.6 is 23.2 Å². The van der Waals surface area contributed by atoms with Gasteiger partial charge in [0.1, 0.15) is 5.69 Å². The molecule has 3 aromatic rings. The second-order valence-corrected chi connectivity index (χ2v) is 17.6. The molecule has 2 saturated heterocycles. The standard InChI is InChI=1S/C39H47Cl2N5O6S/c1-26-36(41)33(22-35(46(48)49)37(26)42-24-27-13-20-52-21-14-27)38(47)43-53(50,51)32-10-8-31(9-11-32)45-18-16-44(17-19-45)25-29-12-15-39(2,3)23-34(29)28-4-6-30(40)7-5-28/h4-11,22,27,42H,12-21,23-25H2,1-3H3,(H,43,47). The van der Waals surface area contributed by atoms with Crippen LogP contribution in [0.3, 0.4) is 0 Å². The summed E-state index contributed by atoms with van der Waals surface area (Å²) in [6, 6.07) is 15.6. The summed E-state index contributed by atoms with van der Waals surface area (Å²) in [6.45, 7) is 12.2. The Hall–Kier alpha value is -3.68. The molecule has 0 bridgehead atoms. The van der Waals surface area contributed by atoms with Gasteiger partial charge in [0.25, 0.3) is 21.6 Å². The third-order valence-corrected chi connectivity index (χ3v) is 12.8. The number of hydrogen-bond donors (Lipinski definition) is 2. The average molecular weight is 785 g/mol. The van der Waals surface area contributed by atoms with Crippen LogP contribution in [0.4, 0.5) is 17.1 Å². The van der Waals surface area contributed by atoms with Crippen LogP contribution in [0, 0.1) is 28.4 Å². The third kappa shape index (κ3) is 9.35. The summed E-state index contributed by atoms with van der Waals surface area (Å²) in [5.74, 6) is -0.772. The lowest BCUT2D eigenvalue weighted by Crippen LogP contribution is -2.47. The van der Waals surface area contributed by atoms with E-state index < -0.39 is 20.9 Å². The number of nitrogens with one attached hydrogen (secondary N) is 2. The maximum atomic E-state index is 13.3. The van der Waals surface area contributed by atoms with Gasteiger partial charge < -0.3 is 15.0 Å². The zero-order chi connectivity index (χ0) is 37.9. The Kier molecular flexibility index (Phi) is 12.0. The highest BCUT2D eigenvalue weighted by molar-refractivity contribution is 7.90. The van der Waals surface area contributed by atoms with Crippen LogP contribution in [0.25, 0.3) is 5.57 Å². The van der Waals surface area contributed by atoms with E-state index in [0.29, 0.717) is 25.3 Å². The van der Waals surface area contributed by atoms with E-state index >= 15 is 0 Å². The van der Waals surface area contributed by atoms with Gasteiger partial charge in [0.05, 0.1) is 20.4 Å². The third-order valence-electron chi connectivity index (χ3n) is 10.7. The van der Waals surface area contributed by atoms with E-state index in [-0.39, 0.29) is 38.2 Å². The van der Waals surface area contributed by atoms with Crippen LogP contribution in [0.2, 0.25) is 10.0 Å². The minimum atomic E-state index is -4.31. The van der Waals surface area contributed by atoms with Crippen molar-refractivity contribution in [2.75, 3.05) is 62.7 Å². The summed E-state index contributed by atoms with van der Waals surface area (Å²) < 4.78 is 34.1.